The number of unbranched alkanes of at least 4 members (excludes halogenated alkanes) is 1. The van der Waals surface area contributed by atoms with Crippen LogP contribution in [0.25, 0.3) is 5.69 Å². The van der Waals surface area contributed by atoms with Crippen molar-refractivity contribution in [3.05, 3.63) is 47.1 Å². The van der Waals surface area contributed by atoms with Gasteiger partial charge in [-0.25, -0.2) is 4.79 Å². The third kappa shape index (κ3) is 3.58. The molecule has 2 rings (SSSR count). The molecule has 6 nitrogen and oxygen atoms in total. The smallest absolute Gasteiger partial charge is 0.330 e. The van der Waals surface area contributed by atoms with Crippen molar-refractivity contribution in [1.29, 1.82) is 0 Å². The first-order valence-electron chi connectivity index (χ1n) is 6.57. The Labute approximate surface area is 116 Å². The molecular weight excluding hydrogens is 256 g/mol. The molecule has 0 spiro atoms. The highest BCUT2D eigenvalue weighted by atomic mass is 16.2. The van der Waals surface area contributed by atoms with Gasteiger partial charge < -0.3 is 16.0 Å². The van der Waals surface area contributed by atoms with Crippen LogP contribution < -0.4 is 16.7 Å². The monoisotopic (exact) mass is 274 g/mol. The molecule has 1 amide bonds. The summed E-state index contributed by atoms with van der Waals surface area (Å²) in [7, 11) is 0. The molecule has 0 saturated carbocycles. The molecule has 0 atom stereocenters. The van der Waals surface area contributed by atoms with Crippen molar-refractivity contribution in [2.24, 2.45) is 5.73 Å². The molecule has 0 fully saturated rings. The van der Waals surface area contributed by atoms with Crippen molar-refractivity contribution < 1.29 is 4.79 Å². The van der Waals surface area contributed by atoms with Crippen LogP contribution in [0.3, 0.4) is 0 Å². The highest BCUT2D eigenvalue weighted by Gasteiger charge is 2.03. The summed E-state index contributed by atoms with van der Waals surface area (Å²) in [5.74, 6) is -0.0231. The van der Waals surface area contributed by atoms with Crippen LogP contribution in [0, 0.1) is 0 Å². The predicted molar refractivity (Wildman–Crippen MR) is 77.9 cm³/mol. The van der Waals surface area contributed by atoms with Crippen LogP contribution in [-0.4, -0.2) is 22.0 Å². The van der Waals surface area contributed by atoms with Crippen LogP contribution in [0.5, 0.6) is 0 Å². The minimum Gasteiger partial charge on any atom is -0.330 e. The van der Waals surface area contributed by atoms with E-state index in [0.29, 0.717) is 13.0 Å². The van der Waals surface area contributed by atoms with Crippen molar-refractivity contribution in [3.63, 3.8) is 0 Å². The zero-order valence-corrected chi connectivity index (χ0v) is 11.1. The Morgan fingerprint density at radius 1 is 1.25 bits per heavy atom. The quantitative estimate of drug-likeness (QED) is 0.692. The first-order valence-corrected chi connectivity index (χ1v) is 6.57. The number of carbonyl (C=O) groups is 1. The molecule has 0 radical (unpaired) electrons. The molecule has 0 aliphatic heterocycles. The summed E-state index contributed by atoms with van der Waals surface area (Å²) < 4.78 is 1.49. The lowest BCUT2D eigenvalue weighted by Crippen LogP contribution is -2.14. The first kappa shape index (κ1) is 14.1. The Bertz CT molecular complexity index is 613. The largest absolute Gasteiger partial charge is 0.330 e. The molecular formula is C14H18N4O2. The number of anilines is 1. The molecule has 0 unspecified atom stereocenters. The lowest BCUT2D eigenvalue weighted by molar-refractivity contribution is -0.116. The van der Waals surface area contributed by atoms with Gasteiger partial charge in [0.05, 0.1) is 5.69 Å². The zero-order valence-electron chi connectivity index (χ0n) is 11.1. The fraction of sp³-hybridized carbons (Fsp3) is 0.286. The summed E-state index contributed by atoms with van der Waals surface area (Å²) in [6.07, 6.45) is 5.34. The highest BCUT2D eigenvalue weighted by Crippen LogP contribution is 2.12. The second-order valence-electron chi connectivity index (χ2n) is 4.48. The highest BCUT2D eigenvalue weighted by molar-refractivity contribution is 5.90. The average Bonchev–Trinajstić information content (AvgIpc) is 2.86. The van der Waals surface area contributed by atoms with E-state index < -0.39 is 0 Å². The molecule has 0 aliphatic carbocycles. The number of amides is 1. The predicted octanol–water partition coefficient (Wildman–Crippen LogP) is 1.23. The number of rotatable bonds is 6. The van der Waals surface area contributed by atoms with Gasteiger partial charge in [-0.15, -0.1) is 0 Å². The van der Waals surface area contributed by atoms with Gasteiger partial charge in [0.1, 0.15) is 0 Å². The maximum atomic E-state index is 11.6. The summed E-state index contributed by atoms with van der Waals surface area (Å²) in [6.45, 7) is 0.605. The summed E-state index contributed by atoms with van der Waals surface area (Å²) >= 11 is 0. The van der Waals surface area contributed by atoms with Crippen LogP contribution in [-0.2, 0) is 4.79 Å². The van der Waals surface area contributed by atoms with E-state index in [1.807, 2.05) is 0 Å². The number of aromatic nitrogens is 2. The first-order chi connectivity index (χ1) is 9.70. The van der Waals surface area contributed by atoms with Crippen LogP contribution in [0.15, 0.2) is 41.5 Å². The number of nitrogens with zero attached hydrogens (tertiary/aromatic N) is 1. The van der Waals surface area contributed by atoms with Gasteiger partial charge in [0.25, 0.3) is 0 Å². The maximum Gasteiger partial charge on any atom is 0.330 e. The number of hydrogen-bond donors (Lipinski definition) is 3. The standard InChI is InChI=1S/C14H18N4O2/c15-8-2-1-3-13(19)17-11-4-6-12(7-5-11)18-10-9-16-14(18)20/h4-7,9-10H,1-3,8,15H2,(H,16,20)(H,17,19). The van der Waals surface area contributed by atoms with Crippen molar-refractivity contribution in [2.75, 3.05) is 11.9 Å². The van der Waals surface area contributed by atoms with Gasteiger partial charge in [0.15, 0.2) is 0 Å². The molecule has 106 valence electrons. The van der Waals surface area contributed by atoms with Gasteiger partial charge in [0, 0.05) is 24.5 Å². The second-order valence-corrected chi connectivity index (χ2v) is 4.48. The molecule has 2 aromatic rings. The second kappa shape index (κ2) is 6.72. The summed E-state index contributed by atoms with van der Waals surface area (Å²) in [6, 6.07) is 7.11. The van der Waals surface area contributed by atoms with Gasteiger partial charge >= 0.3 is 5.69 Å². The van der Waals surface area contributed by atoms with Crippen molar-refractivity contribution >= 4 is 11.6 Å². The number of aromatic amines is 1. The number of benzene rings is 1. The third-order valence-corrected chi connectivity index (χ3v) is 2.94. The third-order valence-electron chi connectivity index (χ3n) is 2.94. The van der Waals surface area contributed by atoms with E-state index in [0.717, 1.165) is 24.2 Å². The Morgan fingerprint density at radius 2 is 2.00 bits per heavy atom. The summed E-state index contributed by atoms with van der Waals surface area (Å²) in [5, 5.41) is 2.81. The fourth-order valence-corrected chi connectivity index (χ4v) is 1.88. The number of H-pyrrole nitrogens is 1. The lowest BCUT2D eigenvalue weighted by atomic mass is 10.2. The summed E-state index contributed by atoms with van der Waals surface area (Å²) in [5.41, 5.74) is 6.65. The topological polar surface area (TPSA) is 92.9 Å². The number of hydrogen-bond acceptors (Lipinski definition) is 3. The Morgan fingerprint density at radius 3 is 2.60 bits per heavy atom. The molecule has 1 aromatic heterocycles. The minimum atomic E-state index is -0.191. The van der Waals surface area contributed by atoms with E-state index in [2.05, 4.69) is 10.3 Å². The number of nitrogens with one attached hydrogen (secondary N) is 2. The Balaban J connectivity index is 1.97. The van der Waals surface area contributed by atoms with Gasteiger partial charge in [0.2, 0.25) is 5.91 Å². The van der Waals surface area contributed by atoms with Gasteiger partial charge in [-0.3, -0.25) is 9.36 Å². The number of nitrogens with two attached hydrogens (primary N) is 1. The van der Waals surface area contributed by atoms with Crippen LogP contribution in [0.1, 0.15) is 19.3 Å². The van der Waals surface area contributed by atoms with Crippen LogP contribution in [0.4, 0.5) is 5.69 Å². The van der Waals surface area contributed by atoms with Gasteiger partial charge in [-0.05, 0) is 43.7 Å². The molecule has 0 bridgehead atoms. The number of carbonyl (C=O) groups excluding carboxylic acids is 1. The molecule has 20 heavy (non-hydrogen) atoms. The van der Waals surface area contributed by atoms with E-state index >= 15 is 0 Å². The molecule has 0 aliphatic rings. The molecule has 1 aromatic carbocycles. The summed E-state index contributed by atoms with van der Waals surface area (Å²) in [4.78, 5) is 25.7. The van der Waals surface area contributed by atoms with E-state index in [9.17, 15) is 9.59 Å². The maximum absolute atomic E-state index is 11.6. The number of imidazole rings is 1. The molecule has 1 heterocycles. The van der Waals surface area contributed by atoms with Crippen molar-refractivity contribution in [1.82, 2.24) is 9.55 Å². The van der Waals surface area contributed by atoms with Crippen molar-refractivity contribution in [3.8, 4) is 5.69 Å². The van der Waals surface area contributed by atoms with Crippen molar-refractivity contribution in [2.45, 2.75) is 19.3 Å². The molecule has 4 N–H and O–H groups in total. The molecule has 6 heteroatoms. The van der Waals surface area contributed by atoms with E-state index in [1.54, 1.807) is 36.7 Å². The molecule has 0 saturated heterocycles. The van der Waals surface area contributed by atoms with Gasteiger partial charge in [-0.1, -0.05) is 0 Å². The average molecular weight is 274 g/mol. The Kier molecular flexibility index (Phi) is 4.73. The van der Waals surface area contributed by atoms with Crippen LogP contribution >= 0.6 is 0 Å². The SMILES string of the molecule is NCCCCC(=O)Nc1ccc(-n2cc[nH]c2=O)cc1. The van der Waals surface area contributed by atoms with E-state index in [-0.39, 0.29) is 11.6 Å². The van der Waals surface area contributed by atoms with E-state index in [4.69, 9.17) is 5.73 Å². The minimum absolute atomic E-state index is 0.0231. The van der Waals surface area contributed by atoms with Crippen LogP contribution in [0.2, 0.25) is 0 Å². The fourth-order valence-electron chi connectivity index (χ4n) is 1.88. The zero-order chi connectivity index (χ0) is 14.4. The Hall–Kier alpha value is -2.34. The van der Waals surface area contributed by atoms with Gasteiger partial charge in [-0.2, -0.15) is 0 Å². The normalized spacial score (nSPS) is 10.4. The lowest BCUT2D eigenvalue weighted by Gasteiger charge is -2.06. The van der Waals surface area contributed by atoms with E-state index in [1.165, 1.54) is 4.57 Å².